The molecule has 1 unspecified atom stereocenters. The van der Waals surface area contributed by atoms with Crippen molar-refractivity contribution in [3.8, 4) is 0 Å². The van der Waals surface area contributed by atoms with E-state index in [0.717, 1.165) is 5.56 Å². The summed E-state index contributed by atoms with van der Waals surface area (Å²) in [6.45, 7) is 2.37. The van der Waals surface area contributed by atoms with Crippen molar-refractivity contribution in [3.05, 3.63) is 53.9 Å². The van der Waals surface area contributed by atoms with Gasteiger partial charge in [-0.3, -0.25) is 0 Å². The third-order valence-electron chi connectivity index (χ3n) is 2.38. The maximum atomic E-state index is 11.4. The number of esters is 1. The van der Waals surface area contributed by atoms with Gasteiger partial charge in [0.05, 0.1) is 6.61 Å². The van der Waals surface area contributed by atoms with E-state index in [2.05, 4.69) is 5.32 Å². The molecule has 0 bridgehead atoms. The summed E-state index contributed by atoms with van der Waals surface area (Å²) in [6, 6.07) is 9.81. The number of hydrogen-bond donors (Lipinski definition) is 1. The van der Waals surface area contributed by atoms with Crippen molar-refractivity contribution in [2.75, 3.05) is 6.61 Å². The molecule has 1 aliphatic rings. The zero-order valence-corrected chi connectivity index (χ0v) is 10.1. The summed E-state index contributed by atoms with van der Waals surface area (Å²) < 4.78 is 10.2. The van der Waals surface area contributed by atoms with Crippen LogP contribution in [0.4, 0.5) is 0 Å². The minimum absolute atomic E-state index is 0.347. The molecular formula is C14H15NO3. The molecule has 1 atom stereocenters. The zero-order valence-electron chi connectivity index (χ0n) is 10.1. The van der Waals surface area contributed by atoms with Gasteiger partial charge < -0.3 is 14.8 Å². The number of carbonyl (C=O) groups excluding carboxylic acids is 1. The highest BCUT2D eigenvalue weighted by Crippen LogP contribution is 2.11. The quantitative estimate of drug-likeness (QED) is 0.501. The van der Waals surface area contributed by atoms with Gasteiger partial charge in [-0.25, -0.2) is 4.79 Å². The van der Waals surface area contributed by atoms with E-state index in [-0.39, 0.29) is 0 Å². The van der Waals surface area contributed by atoms with Crippen molar-refractivity contribution >= 4 is 12.0 Å². The van der Waals surface area contributed by atoms with Gasteiger partial charge in [-0.05, 0) is 18.6 Å². The lowest BCUT2D eigenvalue weighted by Crippen LogP contribution is -2.18. The summed E-state index contributed by atoms with van der Waals surface area (Å²) in [4.78, 5) is 11.4. The maximum Gasteiger partial charge on any atom is 0.359 e. The first-order valence-corrected chi connectivity index (χ1v) is 5.82. The van der Waals surface area contributed by atoms with E-state index in [1.807, 2.05) is 43.3 Å². The van der Waals surface area contributed by atoms with Crippen LogP contribution in [0.15, 0.2) is 48.4 Å². The Bertz CT molecular complexity index is 465. The molecule has 18 heavy (non-hydrogen) atoms. The minimum atomic E-state index is -0.440. The van der Waals surface area contributed by atoms with Crippen molar-refractivity contribution < 1.29 is 14.3 Å². The topological polar surface area (TPSA) is 47.6 Å². The monoisotopic (exact) mass is 245 g/mol. The molecule has 1 N–H and O–H groups in total. The summed E-state index contributed by atoms with van der Waals surface area (Å²) >= 11 is 0. The zero-order chi connectivity index (χ0) is 12.8. The maximum absolute atomic E-state index is 11.4. The SMILES string of the molecule is CCO/C=C1\NC(/C=C/c2ccccc2)OC1=O. The third kappa shape index (κ3) is 3.13. The summed E-state index contributed by atoms with van der Waals surface area (Å²) in [7, 11) is 0. The lowest BCUT2D eigenvalue weighted by Gasteiger charge is -2.02. The minimum Gasteiger partial charge on any atom is -0.499 e. The molecule has 0 spiro atoms. The molecule has 0 radical (unpaired) electrons. The van der Waals surface area contributed by atoms with Gasteiger partial charge in [0.1, 0.15) is 6.26 Å². The fourth-order valence-corrected chi connectivity index (χ4v) is 1.52. The number of ether oxygens (including phenoxy) is 2. The van der Waals surface area contributed by atoms with E-state index in [0.29, 0.717) is 12.3 Å². The Morgan fingerprint density at radius 2 is 2.17 bits per heavy atom. The molecule has 0 saturated carbocycles. The van der Waals surface area contributed by atoms with Crippen LogP contribution in [0.2, 0.25) is 0 Å². The molecule has 1 saturated heterocycles. The number of hydrogen-bond acceptors (Lipinski definition) is 4. The van der Waals surface area contributed by atoms with E-state index in [4.69, 9.17) is 9.47 Å². The van der Waals surface area contributed by atoms with Gasteiger partial charge in [0.2, 0.25) is 0 Å². The van der Waals surface area contributed by atoms with E-state index >= 15 is 0 Å². The predicted octanol–water partition coefficient (Wildman–Crippen LogP) is 2.05. The Morgan fingerprint density at radius 3 is 2.89 bits per heavy atom. The van der Waals surface area contributed by atoms with Crippen LogP contribution in [0, 0.1) is 0 Å². The van der Waals surface area contributed by atoms with E-state index in [1.54, 1.807) is 6.08 Å². The van der Waals surface area contributed by atoms with Crippen LogP contribution in [0.1, 0.15) is 12.5 Å². The Labute approximate surface area is 106 Å². The van der Waals surface area contributed by atoms with Gasteiger partial charge in [0.15, 0.2) is 11.9 Å². The van der Waals surface area contributed by atoms with Crippen LogP contribution < -0.4 is 5.32 Å². The first-order chi connectivity index (χ1) is 8.79. The van der Waals surface area contributed by atoms with E-state index in [1.165, 1.54) is 6.26 Å². The number of carbonyl (C=O) groups is 1. The Hall–Kier alpha value is -2.23. The largest absolute Gasteiger partial charge is 0.499 e. The second-order valence-electron chi connectivity index (χ2n) is 3.73. The number of nitrogens with one attached hydrogen (secondary N) is 1. The fourth-order valence-electron chi connectivity index (χ4n) is 1.52. The smallest absolute Gasteiger partial charge is 0.359 e. The number of cyclic esters (lactones) is 1. The van der Waals surface area contributed by atoms with Crippen molar-refractivity contribution in [1.29, 1.82) is 0 Å². The first kappa shape index (κ1) is 12.2. The lowest BCUT2D eigenvalue weighted by atomic mass is 10.2. The lowest BCUT2D eigenvalue weighted by molar-refractivity contribution is -0.137. The van der Waals surface area contributed by atoms with Gasteiger partial charge in [-0.1, -0.05) is 36.4 Å². The molecule has 2 rings (SSSR count). The molecule has 0 aliphatic carbocycles. The van der Waals surface area contributed by atoms with E-state index in [9.17, 15) is 4.79 Å². The van der Waals surface area contributed by atoms with Crippen molar-refractivity contribution in [3.63, 3.8) is 0 Å². The Morgan fingerprint density at radius 1 is 1.39 bits per heavy atom. The molecule has 0 aromatic heterocycles. The van der Waals surface area contributed by atoms with Gasteiger partial charge in [-0.15, -0.1) is 0 Å². The molecule has 4 nitrogen and oxygen atoms in total. The van der Waals surface area contributed by atoms with Crippen LogP contribution >= 0.6 is 0 Å². The highest BCUT2D eigenvalue weighted by molar-refractivity contribution is 5.89. The molecule has 1 fully saturated rings. The average molecular weight is 245 g/mol. The summed E-state index contributed by atoms with van der Waals surface area (Å²) in [5, 5.41) is 2.92. The molecule has 1 aliphatic heterocycles. The third-order valence-corrected chi connectivity index (χ3v) is 2.38. The van der Waals surface area contributed by atoms with Crippen LogP contribution in [-0.2, 0) is 14.3 Å². The predicted molar refractivity (Wildman–Crippen MR) is 68.2 cm³/mol. The van der Waals surface area contributed by atoms with Crippen molar-refractivity contribution in [1.82, 2.24) is 5.32 Å². The number of rotatable bonds is 4. The molecule has 1 aromatic rings. The summed E-state index contributed by atoms with van der Waals surface area (Å²) in [5.41, 5.74) is 1.40. The highest BCUT2D eigenvalue weighted by atomic mass is 16.6. The van der Waals surface area contributed by atoms with Crippen LogP contribution in [0.25, 0.3) is 6.08 Å². The molecule has 0 amide bonds. The molecule has 94 valence electrons. The van der Waals surface area contributed by atoms with Crippen molar-refractivity contribution in [2.45, 2.75) is 13.2 Å². The second kappa shape index (κ2) is 5.91. The van der Waals surface area contributed by atoms with Gasteiger partial charge in [0, 0.05) is 0 Å². The average Bonchev–Trinajstić information content (AvgIpc) is 2.76. The van der Waals surface area contributed by atoms with Crippen molar-refractivity contribution in [2.24, 2.45) is 0 Å². The van der Waals surface area contributed by atoms with Crippen LogP contribution in [0.5, 0.6) is 0 Å². The van der Waals surface area contributed by atoms with Crippen LogP contribution in [-0.4, -0.2) is 18.8 Å². The van der Waals surface area contributed by atoms with Crippen LogP contribution in [0.3, 0.4) is 0 Å². The van der Waals surface area contributed by atoms with Gasteiger partial charge >= 0.3 is 5.97 Å². The summed E-state index contributed by atoms with van der Waals surface area (Å²) in [6.07, 6.45) is 4.64. The Balaban J connectivity index is 1.97. The van der Waals surface area contributed by atoms with E-state index < -0.39 is 12.2 Å². The molecule has 1 heterocycles. The molecule has 4 heteroatoms. The Kier molecular flexibility index (Phi) is 4.02. The molecular weight excluding hydrogens is 230 g/mol. The normalized spacial score (nSPS) is 21.1. The first-order valence-electron chi connectivity index (χ1n) is 5.82. The second-order valence-corrected chi connectivity index (χ2v) is 3.73. The molecule has 1 aromatic carbocycles. The fraction of sp³-hybridized carbons (Fsp3) is 0.214. The standard InChI is InChI=1S/C14H15NO3/c1-2-17-10-12-14(16)18-13(15-12)9-8-11-6-4-3-5-7-11/h3-10,13,15H,2H2,1H3/b9-8+,12-10-. The summed E-state index contributed by atoms with van der Waals surface area (Å²) in [5.74, 6) is -0.397. The number of benzene rings is 1. The highest BCUT2D eigenvalue weighted by Gasteiger charge is 2.26. The van der Waals surface area contributed by atoms with Gasteiger partial charge in [-0.2, -0.15) is 0 Å². The van der Waals surface area contributed by atoms with Gasteiger partial charge in [0.25, 0.3) is 0 Å².